The second-order valence-electron chi connectivity index (χ2n) is 6.55. The number of piperazine rings is 1. The topological polar surface area (TPSA) is 54.0 Å². The third-order valence-corrected chi connectivity index (χ3v) is 5.13. The maximum atomic E-state index is 12.2. The number of hydrogen-bond acceptors (Lipinski definition) is 5. The molecule has 1 aliphatic heterocycles. The van der Waals surface area contributed by atoms with Crippen LogP contribution in [0.15, 0.2) is 54.6 Å². The van der Waals surface area contributed by atoms with E-state index in [-0.39, 0.29) is 5.91 Å². The van der Waals surface area contributed by atoms with Crippen molar-refractivity contribution in [2.75, 3.05) is 45.3 Å². The summed E-state index contributed by atoms with van der Waals surface area (Å²) < 4.78 is 10.6. The maximum absolute atomic E-state index is 12.2. The molecule has 0 radical (unpaired) electrons. The lowest BCUT2D eigenvalue weighted by molar-refractivity contribution is -0.115. The van der Waals surface area contributed by atoms with Gasteiger partial charge in [-0.3, -0.25) is 10.1 Å². The van der Waals surface area contributed by atoms with E-state index in [0.29, 0.717) is 5.11 Å². The minimum atomic E-state index is -0.238. The Morgan fingerprint density at radius 3 is 2.34 bits per heavy atom. The largest absolute Gasteiger partial charge is 0.497 e. The van der Waals surface area contributed by atoms with Crippen LogP contribution in [0, 0.1) is 0 Å². The molecule has 0 atom stereocenters. The minimum absolute atomic E-state index is 0.238. The number of nitrogens with zero attached hydrogens (tertiary/aromatic N) is 2. The molecule has 6 nitrogen and oxygen atoms in total. The van der Waals surface area contributed by atoms with E-state index >= 15 is 0 Å². The van der Waals surface area contributed by atoms with Gasteiger partial charge in [-0.05, 0) is 48.1 Å². The normalized spacial score (nSPS) is 14.0. The predicted octanol–water partition coefficient (Wildman–Crippen LogP) is 2.94. The van der Waals surface area contributed by atoms with Crippen molar-refractivity contribution < 1.29 is 14.3 Å². The molecule has 1 heterocycles. The third kappa shape index (κ3) is 5.48. The highest BCUT2D eigenvalue weighted by molar-refractivity contribution is 7.80. The van der Waals surface area contributed by atoms with Crippen molar-refractivity contribution in [3.63, 3.8) is 0 Å². The Bertz CT molecular complexity index is 875. The van der Waals surface area contributed by atoms with E-state index in [1.54, 1.807) is 20.3 Å². The lowest BCUT2D eigenvalue weighted by atomic mass is 10.2. The molecule has 3 rings (SSSR count). The molecule has 0 unspecified atom stereocenters. The molecule has 1 aliphatic rings. The van der Waals surface area contributed by atoms with Crippen LogP contribution in [0.5, 0.6) is 11.5 Å². The van der Waals surface area contributed by atoms with Gasteiger partial charge in [-0.1, -0.05) is 24.3 Å². The molecular weight excluding hydrogens is 386 g/mol. The lowest BCUT2D eigenvalue weighted by Crippen LogP contribution is -2.52. The molecule has 0 aromatic heterocycles. The molecule has 2 aromatic carbocycles. The molecule has 152 valence electrons. The number of thiocarbonyl (C=S) groups is 1. The monoisotopic (exact) mass is 411 g/mol. The highest BCUT2D eigenvalue weighted by Crippen LogP contribution is 2.28. The summed E-state index contributed by atoms with van der Waals surface area (Å²) in [4.78, 5) is 16.5. The van der Waals surface area contributed by atoms with E-state index < -0.39 is 0 Å². The van der Waals surface area contributed by atoms with E-state index in [1.807, 2.05) is 47.4 Å². The number of para-hydroxylation sites is 2. The second-order valence-corrected chi connectivity index (χ2v) is 6.93. The molecule has 1 fully saturated rings. The Balaban J connectivity index is 1.50. The van der Waals surface area contributed by atoms with Gasteiger partial charge in [0.25, 0.3) is 0 Å². The summed E-state index contributed by atoms with van der Waals surface area (Å²) in [6.45, 7) is 3.08. The van der Waals surface area contributed by atoms with Gasteiger partial charge in [-0.15, -0.1) is 0 Å². The van der Waals surface area contributed by atoms with Gasteiger partial charge in [0.15, 0.2) is 5.11 Å². The van der Waals surface area contributed by atoms with Gasteiger partial charge in [0, 0.05) is 32.3 Å². The van der Waals surface area contributed by atoms with Crippen LogP contribution in [0.4, 0.5) is 5.69 Å². The van der Waals surface area contributed by atoms with Crippen LogP contribution in [-0.4, -0.2) is 56.3 Å². The number of ether oxygens (including phenoxy) is 2. The predicted molar refractivity (Wildman–Crippen MR) is 120 cm³/mol. The first-order valence-electron chi connectivity index (χ1n) is 9.40. The van der Waals surface area contributed by atoms with Crippen molar-refractivity contribution in [3.05, 3.63) is 60.2 Å². The highest BCUT2D eigenvalue weighted by Gasteiger charge is 2.21. The van der Waals surface area contributed by atoms with E-state index in [1.165, 1.54) is 6.08 Å². The van der Waals surface area contributed by atoms with Gasteiger partial charge in [0.05, 0.1) is 19.9 Å². The van der Waals surface area contributed by atoms with Crippen molar-refractivity contribution in [2.45, 2.75) is 0 Å². The van der Waals surface area contributed by atoms with Crippen LogP contribution < -0.4 is 19.7 Å². The molecule has 2 aromatic rings. The number of carbonyl (C=O) groups is 1. The summed E-state index contributed by atoms with van der Waals surface area (Å²) in [6, 6.07) is 15.5. The highest BCUT2D eigenvalue weighted by atomic mass is 32.1. The minimum Gasteiger partial charge on any atom is -0.497 e. The number of methoxy groups -OCH3 is 2. The molecular formula is C22H25N3O3S. The Hall–Kier alpha value is -3.06. The van der Waals surface area contributed by atoms with E-state index in [4.69, 9.17) is 21.7 Å². The maximum Gasteiger partial charge on any atom is 0.250 e. The summed E-state index contributed by atoms with van der Waals surface area (Å²) in [5.41, 5.74) is 1.99. The Morgan fingerprint density at radius 2 is 1.69 bits per heavy atom. The lowest BCUT2D eigenvalue weighted by Gasteiger charge is -2.37. The first-order chi connectivity index (χ1) is 14.1. The van der Waals surface area contributed by atoms with Crippen molar-refractivity contribution >= 4 is 35.0 Å². The summed E-state index contributed by atoms with van der Waals surface area (Å²) >= 11 is 5.42. The van der Waals surface area contributed by atoms with Crippen LogP contribution >= 0.6 is 12.2 Å². The fourth-order valence-electron chi connectivity index (χ4n) is 3.15. The van der Waals surface area contributed by atoms with Crippen LogP contribution in [0.1, 0.15) is 5.56 Å². The number of benzene rings is 2. The zero-order valence-corrected chi connectivity index (χ0v) is 17.4. The molecule has 0 spiro atoms. The second kappa shape index (κ2) is 9.93. The van der Waals surface area contributed by atoms with Crippen LogP contribution in [0.3, 0.4) is 0 Å². The summed E-state index contributed by atoms with van der Waals surface area (Å²) in [5.74, 6) is 1.40. The number of rotatable bonds is 5. The van der Waals surface area contributed by atoms with Crippen LogP contribution in [0.25, 0.3) is 6.08 Å². The Kier molecular flexibility index (Phi) is 7.08. The summed E-state index contributed by atoms with van der Waals surface area (Å²) in [7, 11) is 3.30. The summed E-state index contributed by atoms with van der Waals surface area (Å²) in [6.07, 6.45) is 3.23. The SMILES string of the molecule is COc1ccc(/C=C/C(=O)NC(=S)N2CCN(c3ccccc3OC)CC2)cc1. The van der Waals surface area contributed by atoms with Crippen LogP contribution in [-0.2, 0) is 4.79 Å². The number of anilines is 1. The van der Waals surface area contributed by atoms with Crippen molar-refractivity contribution in [3.8, 4) is 11.5 Å². The number of nitrogens with one attached hydrogen (secondary N) is 1. The van der Waals surface area contributed by atoms with E-state index in [2.05, 4.69) is 16.3 Å². The summed E-state index contributed by atoms with van der Waals surface area (Å²) in [5, 5.41) is 3.24. The van der Waals surface area contributed by atoms with Gasteiger partial charge in [-0.25, -0.2) is 0 Å². The van der Waals surface area contributed by atoms with Crippen molar-refractivity contribution in [2.24, 2.45) is 0 Å². The van der Waals surface area contributed by atoms with Crippen molar-refractivity contribution in [1.29, 1.82) is 0 Å². The zero-order valence-electron chi connectivity index (χ0n) is 16.6. The first-order valence-corrected chi connectivity index (χ1v) is 9.81. The number of carbonyl (C=O) groups excluding carboxylic acids is 1. The average Bonchev–Trinajstić information content (AvgIpc) is 2.78. The standard InChI is InChI=1S/C22H25N3O3S/c1-27-18-10-7-17(8-11-18)9-12-21(26)23-22(29)25-15-13-24(14-16-25)19-5-3-4-6-20(19)28-2/h3-12H,13-16H2,1-2H3,(H,23,26,29)/b12-9+. The Labute approximate surface area is 176 Å². The van der Waals surface area contributed by atoms with E-state index in [0.717, 1.165) is 48.9 Å². The van der Waals surface area contributed by atoms with E-state index in [9.17, 15) is 4.79 Å². The molecule has 7 heteroatoms. The quantitative estimate of drug-likeness (QED) is 0.603. The fourth-order valence-corrected chi connectivity index (χ4v) is 3.44. The first kappa shape index (κ1) is 20.7. The molecule has 29 heavy (non-hydrogen) atoms. The molecule has 0 saturated carbocycles. The fraction of sp³-hybridized carbons (Fsp3) is 0.273. The number of amides is 1. The van der Waals surface area contributed by atoms with Gasteiger partial charge in [0.1, 0.15) is 11.5 Å². The zero-order chi connectivity index (χ0) is 20.6. The van der Waals surface area contributed by atoms with Crippen molar-refractivity contribution in [1.82, 2.24) is 10.2 Å². The average molecular weight is 412 g/mol. The molecule has 1 N–H and O–H groups in total. The smallest absolute Gasteiger partial charge is 0.250 e. The van der Waals surface area contributed by atoms with Gasteiger partial charge >= 0.3 is 0 Å². The van der Waals surface area contributed by atoms with Gasteiger partial charge in [0.2, 0.25) is 5.91 Å². The molecule has 1 saturated heterocycles. The third-order valence-electron chi connectivity index (χ3n) is 4.77. The molecule has 0 bridgehead atoms. The van der Waals surface area contributed by atoms with Gasteiger partial charge < -0.3 is 19.3 Å². The molecule has 1 amide bonds. The van der Waals surface area contributed by atoms with Gasteiger partial charge in [-0.2, -0.15) is 0 Å². The molecule has 0 aliphatic carbocycles. The number of hydrogen-bond donors (Lipinski definition) is 1. The Morgan fingerprint density at radius 1 is 1.00 bits per heavy atom. The van der Waals surface area contributed by atoms with Crippen LogP contribution in [0.2, 0.25) is 0 Å².